The van der Waals surface area contributed by atoms with Gasteiger partial charge in [-0.15, -0.1) is 0 Å². The molecule has 0 aliphatic rings. The van der Waals surface area contributed by atoms with Gasteiger partial charge in [-0.2, -0.15) is 5.26 Å². The highest BCUT2D eigenvalue weighted by atomic mass is 35.5. The maximum Gasteiger partial charge on any atom is 0.318 e. The smallest absolute Gasteiger partial charge is 0.318 e. The van der Waals surface area contributed by atoms with Crippen LogP contribution in [0, 0.1) is 41.7 Å². The van der Waals surface area contributed by atoms with Crippen LogP contribution in [-0.2, 0) is 4.79 Å². The molecule has 0 bridgehead atoms. The van der Waals surface area contributed by atoms with Gasteiger partial charge in [-0.25, -0.2) is 0 Å². The zero-order valence-corrected chi connectivity index (χ0v) is 19.6. The van der Waals surface area contributed by atoms with Crippen molar-refractivity contribution in [1.82, 2.24) is 0 Å². The van der Waals surface area contributed by atoms with E-state index in [1.165, 1.54) is 30.3 Å². The van der Waals surface area contributed by atoms with Crippen LogP contribution in [0.25, 0.3) is 6.08 Å². The van der Waals surface area contributed by atoms with E-state index in [2.05, 4.69) is 5.32 Å². The summed E-state index contributed by atoms with van der Waals surface area (Å²) < 4.78 is 5.46. The zero-order valence-electron chi connectivity index (χ0n) is 18.1. The first-order valence-electron chi connectivity index (χ1n) is 9.77. The van der Waals surface area contributed by atoms with Crippen molar-refractivity contribution in [2.75, 3.05) is 5.32 Å². The van der Waals surface area contributed by atoms with E-state index in [0.717, 1.165) is 24.3 Å². The minimum Gasteiger partial charge on any atom is -0.447 e. The number of nitro groups is 3. The first-order valence-corrected chi connectivity index (χ1v) is 10.5. The van der Waals surface area contributed by atoms with Crippen molar-refractivity contribution in [2.45, 2.75) is 0 Å². The molecule has 0 saturated carbocycles. The quantitative estimate of drug-likeness (QED) is 0.152. The number of nitriles is 1. The van der Waals surface area contributed by atoms with Gasteiger partial charge in [0.05, 0.1) is 30.9 Å². The molecule has 0 heterocycles. The normalized spacial score (nSPS) is 10.8. The number of hydrogen-bond donors (Lipinski definition) is 1. The molecular formula is C22H11Cl2N5O8. The highest BCUT2D eigenvalue weighted by Gasteiger charge is 2.23. The molecule has 0 radical (unpaired) electrons. The number of benzene rings is 3. The number of nitro benzene ring substituents is 3. The summed E-state index contributed by atoms with van der Waals surface area (Å²) in [5, 5.41) is 44.7. The Labute approximate surface area is 216 Å². The third kappa shape index (κ3) is 6.34. The summed E-state index contributed by atoms with van der Waals surface area (Å²) in [6, 6.07) is 12.1. The van der Waals surface area contributed by atoms with E-state index < -0.39 is 37.6 Å². The SMILES string of the molecule is N#C/C(=C\c1cc(Cl)c(Oc2ccc([N+](=O)[O-])cc2[N+](=O)[O-])c(Cl)c1)C(=O)Nc1cccc([N+](=O)[O-])c1. The largest absolute Gasteiger partial charge is 0.447 e. The average molecular weight is 544 g/mol. The van der Waals surface area contributed by atoms with Crippen LogP contribution in [0.4, 0.5) is 22.7 Å². The number of non-ortho nitro benzene ring substituents is 2. The molecule has 0 atom stereocenters. The van der Waals surface area contributed by atoms with Gasteiger partial charge in [-0.3, -0.25) is 35.1 Å². The maximum atomic E-state index is 12.5. The molecule has 3 aromatic rings. The number of rotatable bonds is 8. The Morgan fingerprint density at radius 2 is 1.54 bits per heavy atom. The fourth-order valence-corrected chi connectivity index (χ4v) is 3.51. The molecule has 3 aromatic carbocycles. The van der Waals surface area contributed by atoms with Crippen molar-refractivity contribution in [3.8, 4) is 17.6 Å². The number of carbonyl (C=O) groups is 1. The first kappa shape index (κ1) is 26.5. The third-order valence-electron chi connectivity index (χ3n) is 4.57. The zero-order chi connectivity index (χ0) is 27.3. The molecule has 186 valence electrons. The second kappa shape index (κ2) is 11.1. The number of hydrogen-bond acceptors (Lipinski definition) is 9. The lowest BCUT2D eigenvalue weighted by molar-refractivity contribution is -0.394. The minimum atomic E-state index is -0.875. The molecule has 1 amide bonds. The van der Waals surface area contributed by atoms with Crippen LogP contribution in [0.15, 0.2) is 60.2 Å². The third-order valence-corrected chi connectivity index (χ3v) is 5.14. The van der Waals surface area contributed by atoms with Crippen LogP contribution in [-0.4, -0.2) is 20.7 Å². The summed E-state index contributed by atoms with van der Waals surface area (Å²) >= 11 is 12.4. The summed E-state index contributed by atoms with van der Waals surface area (Å²) in [7, 11) is 0. The molecule has 0 spiro atoms. The highest BCUT2D eigenvalue weighted by molar-refractivity contribution is 6.37. The van der Waals surface area contributed by atoms with E-state index in [4.69, 9.17) is 27.9 Å². The minimum absolute atomic E-state index is 0.0878. The lowest BCUT2D eigenvalue weighted by atomic mass is 10.1. The van der Waals surface area contributed by atoms with Gasteiger partial charge in [0.2, 0.25) is 5.75 Å². The summed E-state index contributed by atoms with van der Waals surface area (Å²) in [5.41, 5.74) is -1.60. The van der Waals surface area contributed by atoms with E-state index in [1.54, 1.807) is 6.07 Å². The molecule has 0 aliphatic heterocycles. The second-order valence-electron chi connectivity index (χ2n) is 7.01. The van der Waals surface area contributed by atoms with Gasteiger partial charge >= 0.3 is 5.69 Å². The Morgan fingerprint density at radius 1 is 0.919 bits per heavy atom. The second-order valence-corrected chi connectivity index (χ2v) is 7.83. The molecular weight excluding hydrogens is 533 g/mol. The van der Waals surface area contributed by atoms with Crippen molar-refractivity contribution < 1.29 is 24.3 Å². The van der Waals surface area contributed by atoms with E-state index >= 15 is 0 Å². The van der Waals surface area contributed by atoms with Crippen molar-refractivity contribution in [3.63, 3.8) is 0 Å². The van der Waals surface area contributed by atoms with Gasteiger partial charge in [-0.05, 0) is 35.9 Å². The number of ether oxygens (including phenoxy) is 1. The van der Waals surface area contributed by atoms with Crippen molar-refractivity contribution in [3.05, 3.63) is 106 Å². The lowest BCUT2D eigenvalue weighted by Gasteiger charge is -2.11. The van der Waals surface area contributed by atoms with Crippen LogP contribution >= 0.6 is 23.2 Å². The Balaban J connectivity index is 1.89. The molecule has 1 N–H and O–H groups in total. The Morgan fingerprint density at radius 3 is 2.11 bits per heavy atom. The maximum absolute atomic E-state index is 12.5. The summed E-state index contributed by atoms with van der Waals surface area (Å²) in [6.07, 6.45) is 1.14. The molecule has 0 fully saturated rings. The number of carbonyl (C=O) groups excluding carboxylic acids is 1. The monoisotopic (exact) mass is 543 g/mol. The van der Waals surface area contributed by atoms with Gasteiger partial charge in [-0.1, -0.05) is 29.3 Å². The Bertz CT molecular complexity index is 1510. The highest BCUT2D eigenvalue weighted by Crippen LogP contribution is 2.41. The van der Waals surface area contributed by atoms with E-state index in [0.29, 0.717) is 6.07 Å². The molecule has 0 aliphatic carbocycles. The summed E-state index contributed by atoms with van der Waals surface area (Å²) in [5.74, 6) is -1.44. The van der Waals surface area contributed by atoms with Crippen LogP contribution in [0.5, 0.6) is 11.5 Å². The molecule has 0 unspecified atom stereocenters. The number of nitrogens with zero attached hydrogens (tertiary/aromatic N) is 4. The van der Waals surface area contributed by atoms with Crippen LogP contribution in [0.1, 0.15) is 5.56 Å². The van der Waals surface area contributed by atoms with Gasteiger partial charge in [0.1, 0.15) is 11.6 Å². The Hall–Kier alpha value is -5.06. The summed E-state index contributed by atoms with van der Waals surface area (Å²) in [6.45, 7) is 0. The van der Waals surface area contributed by atoms with Crippen molar-refractivity contribution >= 4 is 57.9 Å². The molecule has 15 heteroatoms. The molecule has 37 heavy (non-hydrogen) atoms. The van der Waals surface area contributed by atoms with Crippen molar-refractivity contribution in [1.29, 1.82) is 5.26 Å². The summed E-state index contributed by atoms with van der Waals surface area (Å²) in [4.78, 5) is 43.3. The van der Waals surface area contributed by atoms with Gasteiger partial charge in [0, 0.05) is 23.9 Å². The number of amides is 1. The van der Waals surface area contributed by atoms with Gasteiger partial charge in [0.15, 0.2) is 5.75 Å². The van der Waals surface area contributed by atoms with E-state index in [9.17, 15) is 40.4 Å². The fraction of sp³-hybridized carbons (Fsp3) is 0. The molecule has 13 nitrogen and oxygen atoms in total. The van der Waals surface area contributed by atoms with Gasteiger partial charge in [0.25, 0.3) is 17.3 Å². The first-order chi connectivity index (χ1) is 17.5. The Kier molecular flexibility index (Phi) is 7.98. The number of anilines is 1. The number of halogens is 2. The molecule has 0 aromatic heterocycles. The van der Waals surface area contributed by atoms with E-state index in [1.807, 2.05) is 0 Å². The van der Waals surface area contributed by atoms with E-state index in [-0.39, 0.29) is 38.5 Å². The number of nitrogens with one attached hydrogen (secondary N) is 1. The lowest BCUT2D eigenvalue weighted by Crippen LogP contribution is -2.13. The predicted molar refractivity (Wildman–Crippen MR) is 132 cm³/mol. The van der Waals surface area contributed by atoms with Crippen molar-refractivity contribution in [2.24, 2.45) is 0 Å². The fourth-order valence-electron chi connectivity index (χ4n) is 2.93. The average Bonchev–Trinajstić information content (AvgIpc) is 2.84. The van der Waals surface area contributed by atoms with Crippen LogP contribution in [0.2, 0.25) is 10.0 Å². The molecule has 0 saturated heterocycles. The molecule has 3 rings (SSSR count). The van der Waals surface area contributed by atoms with Gasteiger partial charge < -0.3 is 10.1 Å². The predicted octanol–water partition coefficient (Wildman–Crippen LogP) is 6.06. The topological polar surface area (TPSA) is 192 Å². The van der Waals surface area contributed by atoms with Crippen LogP contribution < -0.4 is 10.1 Å². The standard InChI is InChI=1S/C22H11Cl2N5O8/c23-17-7-12(6-13(11-25)22(30)26-14-2-1-3-15(9-14)27(31)32)8-18(24)21(17)37-20-5-4-16(28(33)34)10-19(20)29(35)36/h1-10H,(H,26,30)/b13-6+. The van der Waals surface area contributed by atoms with Crippen LogP contribution in [0.3, 0.4) is 0 Å².